The number of hydrogen-bond donors (Lipinski definition) is 0. The molecule has 2 rings (SSSR count). The molecule has 0 N–H and O–H groups in total. The maximum atomic E-state index is 12.3. The SMILES string of the molecule is CCCCCCCCCCCCCCCS(=O)(=O)Oc1cccc2ccccc12.[Ca+2].[H-].[H-]. The summed E-state index contributed by atoms with van der Waals surface area (Å²) in [6, 6.07) is 13.2. The molecule has 2 aromatic carbocycles. The summed E-state index contributed by atoms with van der Waals surface area (Å²) < 4.78 is 30.0. The molecular formula is C25H40CaO3S. The number of rotatable bonds is 16. The minimum atomic E-state index is -3.54. The van der Waals surface area contributed by atoms with E-state index in [0.717, 1.165) is 23.6 Å². The molecule has 0 saturated heterocycles. The van der Waals surface area contributed by atoms with Crippen LogP contribution in [0.5, 0.6) is 5.75 Å². The molecule has 0 amide bonds. The Balaban J connectivity index is 0. The van der Waals surface area contributed by atoms with Crippen LogP contribution in [0.15, 0.2) is 42.5 Å². The summed E-state index contributed by atoms with van der Waals surface area (Å²) in [6.45, 7) is 2.26. The molecule has 0 atom stereocenters. The summed E-state index contributed by atoms with van der Waals surface area (Å²) in [6.07, 6.45) is 16.1. The Kier molecular flexibility index (Phi) is 15.1. The molecule has 0 fully saturated rings. The van der Waals surface area contributed by atoms with Crippen LogP contribution in [0.2, 0.25) is 0 Å². The first-order valence-corrected chi connectivity index (χ1v) is 13.1. The molecule has 0 unspecified atom stereocenters. The van der Waals surface area contributed by atoms with Gasteiger partial charge in [0.1, 0.15) is 5.75 Å². The van der Waals surface area contributed by atoms with Gasteiger partial charge in [0, 0.05) is 5.39 Å². The van der Waals surface area contributed by atoms with E-state index in [9.17, 15) is 8.42 Å². The molecule has 5 heteroatoms. The van der Waals surface area contributed by atoms with Crippen molar-refractivity contribution in [2.24, 2.45) is 0 Å². The molecule has 0 aliphatic carbocycles. The molecule has 0 spiro atoms. The van der Waals surface area contributed by atoms with Crippen molar-refractivity contribution in [2.75, 3.05) is 5.75 Å². The van der Waals surface area contributed by atoms with E-state index >= 15 is 0 Å². The fraction of sp³-hybridized carbons (Fsp3) is 0.600. The third-order valence-electron chi connectivity index (χ3n) is 5.46. The topological polar surface area (TPSA) is 43.4 Å². The van der Waals surface area contributed by atoms with Gasteiger partial charge in [0.25, 0.3) is 0 Å². The minimum absolute atomic E-state index is 0. The second kappa shape index (κ2) is 16.4. The van der Waals surface area contributed by atoms with Crippen LogP contribution in [0.25, 0.3) is 10.8 Å². The predicted molar refractivity (Wildman–Crippen MR) is 132 cm³/mol. The van der Waals surface area contributed by atoms with Crippen molar-refractivity contribution in [3.8, 4) is 5.75 Å². The van der Waals surface area contributed by atoms with E-state index in [1.807, 2.05) is 36.4 Å². The van der Waals surface area contributed by atoms with Gasteiger partial charge in [0.05, 0.1) is 5.75 Å². The minimum Gasteiger partial charge on any atom is -1.00 e. The Morgan fingerprint density at radius 1 is 0.700 bits per heavy atom. The number of benzene rings is 2. The summed E-state index contributed by atoms with van der Waals surface area (Å²) in [5, 5.41) is 1.82. The summed E-state index contributed by atoms with van der Waals surface area (Å²) >= 11 is 0. The Labute approximate surface area is 217 Å². The van der Waals surface area contributed by atoms with Crippen molar-refractivity contribution < 1.29 is 15.5 Å². The van der Waals surface area contributed by atoms with Crippen molar-refractivity contribution >= 4 is 58.6 Å². The average Bonchev–Trinajstić information content (AvgIpc) is 2.71. The van der Waals surface area contributed by atoms with Crippen molar-refractivity contribution in [1.82, 2.24) is 0 Å². The van der Waals surface area contributed by atoms with E-state index in [0.29, 0.717) is 12.2 Å². The molecule has 0 aliphatic heterocycles. The Bertz CT molecular complexity index is 810. The first-order valence-electron chi connectivity index (χ1n) is 11.5. The molecule has 0 bridgehead atoms. The molecule has 3 nitrogen and oxygen atoms in total. The van der Waals surface area contributed by atoms with E-state index in [1.165, 1.54) is 64.2 Å². The fourth-order valence-corrected chi connectivity index (χ4v) is 4.80. The monoisotopic (exact) mass is 460 g/mol. The first-order chi connectivity index (χ1) is 14.1. The van der Waals surface area contributed by atoms with Gasteiger partial charge in [-0.15, -0.1) is 0 Å². The van der Waals surface area contributed by atoms with Crippen LogP contribution < -0.4 is 4.18 Å². The molecule has 166 valence electrons. The molecule has 0 saturated carbocycles. The molecule has 0 radical (unpaired) electrons. The maximum Gasteiger partial charge on any atom is 2.00 e. The summed E-state index contributed by atoms with van der Waals surface area (Å²) in [7, 11) is -3.54. The van der Waals surface area contributed by atoms with Gasteiger partial charge in [-0.2, -0.15) is 8.42 Å². The molecular weight excluding hydrogens is 420 g/mol. The Hall–Kier alpha value is -0.290. The molecule has 0 aliphatic rings. The van der Waals surface area contributed by atoms with Crippen molar-refractivity contribution in [2.45, 2.75) is 90.4 Å². The van der Waals surface area contributed by atoms with Gasteiger partial charge in [0.15, 0.2) is 0 Å². The van der Waals surface area contributed by atoms with E-state index in [2.05, 4.69) is 6.92 Å². The van der Waals surface area contributed by atoms with Crippen LogP contribution in [0, 0.1) is 0 Å². The third kappa shape index (κ3) is 11.4. The normalized spacial score (nSPS) is 11.4. The number of fused-ring (bicyclic) bond motifs is 1. The summed E-state index contributed by atoms with van der Waals surface area (Å²) in [5.41, 5.74) is 0. The van der Waals surface area contributed by atoms with Crippen molar-refractivity contribution in [1.29, 1.82) is 0 Å². The van der Waals surface area contributed by atoms with Crippen LogP contribution in [0.1, 0.15) is 93.2 Å². The standard InChI is InChI=1S/C25H38O3S.Ca.2H/c1-2-3-4-5-6-7-8-9-10-11-12-13-16-22-29(26,27)28-25-21-17-19-23-18-14-15-20-24(23)25;;;/h14-15,17-21H,2-13,16,22H2,1H3;;;/q;+2;2*-1. The van der Waals surface area contributed by atoms with Gasteiger partial charge in [-0.05, 0) is 17.9 Å². The van der Waals surface area contributed by atoms with Gasteiger partial charge in [-0.1, -0.05) is 120 Å². The largest absolute Gasteiger partial charge is 2.00 e. The van der Waals surface area contributed by atoms with Gasteiger partial charge < -0.3 is 7.04 Å². The van der Waals surface area contributed by atoms with Gasteiger partial charge in [0.2, 0.25) is 0 Å². The van der Waals surface area contributed by atoms with Crippen LogP contribution in [0.4, 0.5) is 0 Å². The number of unbranched alkanes of at least 4 members (excludes halogenated alkanes) is 12. The van der Waals surface area contributed by atoms with Crippen LogP contribution >= 0.6 is 0 Å². The van der Waals surface area contributed by atoms with E-state index in [4.69, 9.17) is 4.18 Å². The second-order valence-electron chi connectivity index (χ2n) is 8.07. The van der Waals surface area contributed by atoms with Gasteiger partial charge in [-0.25, -0.2) is 0 Å². The predicted octanol–water partition coefficient (Wildman–Crippen LogP) is 7.48. The zero-order valence-corrected chi connectivity index (χ0v) is 21.8. The second-order valence-corrected chi connectivity index (χ2v) is 9.76. The molecule has 2 aromatic rings. The summed E-state index contributed by atoms with van der Waals surface area (Å²) in [5.74, 6) is 0.520. The fourth-order valence-electron chi connectivity index (χ4n) is 3.74. The average molecular weight is 461 g/mol. The summed E-state index contributed by atoms with van der Waals surface area (Å²) in [4.78, 5) is 0. The van der Waals surface area contributed by atoms with E-state index < -0.39 is 10.1 Å². The Morgan fingerprint density at radius 2 is 1.20 bits per heavy atom. The first kappa shape index (κ1) is 27.7. The van der Waals surface area contributed by atoms with Crippen LogP contribution in [0.3, 0.4) is 0 Å². The van der Waals surface area contributed by atoms with Crippen LogP contribution in [-0.4, -0.2) is 51.9 Å². The number of hydrogen-bond acceptors (Lipinski definition) is 3. The van der Waals surface area contributed by atoms with Crippen LogP contribution in [-0.2, 0) is 10.1 Å². The molecule has 30 heavy (non-hydrogen) atoms. The maximum absolute atomic E-state index is 12.3. The smallest absolute Gasteiger partial charge is 1.00 e. The van der Waals surface area contributed by atoms with Crippen molar-refractivity contribution in [3.63, 3.8) is 0 Å². The van der Waals surface area contributed by atoms with E-state index in [-0.39, 0.29) is 46.3 Å². The van der Waals surface area contributed by atoms with Gasteiger partial charge in [-0.3, -0.25) is 0 Å². The Morgan fingerprint density at radius 3 is 1.80 bits per heavy atom. The zero-order valence-electron chi connectivity index (χ0n) is 20.8. The zero-order chi connectivity index (χ0) is 20.8. The van der Waals surface area contributed by atoms with E-state index in [1.54, 1.807) is 6.07 Å². The molecule has 0 aromatic heterocycles. The quantitative estimate of drug-likeness (QED) is 0.148. The third-order valence-corrected chi connectivity index (χ3v) is 6.69. The molecule has 0 heterocycles. The van der Waals surface area contributed by atoms with Crippen molar-refractivity contribution in [3.05, 3.63) is 42.5 Å². The van der Waals surface area contributed by atoms with Gasteiger partial charge >= 0.3 is 47.9 Å².